The first kappa shape index (κ1) is 13.1. The fourth-order valence-corrected chi connectivity index (χ4v) is 1.65. The van der Waals surface area contributed by atoms with E-state index in [9.17, 15) is 14.4 Å². The van der Waals surface area contributed by atoms with Crippen molar-refractivity contribution in [2.45, 2.75) is 19.8 Å². The highest BCUT2D eigenvalue weighted by atomic mass is 16.4. The van der Waals surface area contributed by atoms with Crippen molar-refractivity contribution in [1.29, 1.82) is 0 Å². The molecule has 0 aromatic heterocycles. The van der Waals surface area contributed by atoms with Gasteiger partial charge in [-0.1, -0.05) is 30.3 Å². The lowest BCUT2D eigenvalue weighted by molar-refractivity contribution is -0.143. The smallest absolute Gasteiger partial charge is 0.304 e. The van der Waals surface area contributed by atoms with Crippen molar-refractivity contribution in [3.63, 3.8) is 0 Å². The molecule has 1 unspecified atom stereocenters. The van der Waals surface area contributed by atoms with Gasteiger partial charge in [-0.25, -0.2) is 0 Å². The Morgan fingerprint density at radius 3 is 2.24 bits per heavy atom. The van der Waals surface area contributed by atoms with Gasteiger partial charge in [-0.05, 0) is 12.0 Å². The molecule has 0 fully saturated rings. The van der Waals surface area contributed by atoms with Crippen LogP contribution < -0.4 is 0 Å². The molecule has 1 aromatic rings. The Bertz CT molecular complexity index is 422. The number of benzene rings is 1. The first-order valence-electron chi connectivity index (χ1n) is 5.31. The van der Waals surface area contributed by atoms with E-state index in [2.05, 4.69) is 0 Å². The third-order valence-electron chi connectivity index (χ3n) is 2.46. The van der Waals surface area contributed by atoms with Crippen LogP contribution in [0.25, 0.3) is 0 Å². The summed E-state index contributed by atoms with van der Waals surface area (Å²) in [5, 5.41) is 8.73. The monoisotopic (exact) mass is 234 g/mol. The maximum absolute atomic E-state index is 11.6. The van der Waals surface area contributed by atoms with Crippen LogP contribution in [0.15, 0.2) is 30.3 Å². The van der Waals surface area contributed by atoms with Crippen molar-refractivity contribution in [2.75, 3.05) is 0 Å². The van der Waals surface area contributed by atoms with Gasteiger partial charge in [0.25, 0.3) is 0 Å². The molecule has 0 aliphatic heterocycles. The highest BCUT2D eigenvalue weighted by molar-refractivity contribution is 6.37. The highest BCUT2D eigenvalue weighted by Crippen LogP contribution is 2.14. The molecule has 0 spiro atoms. The number of Topliss-reactive ketones (excluding diaryl/α,β-unsaturated/α-hetero) is 2. The number of carbonyl (C=O) groups excluding carboxylic acids is 2. The summed E-state index contributed by atoms with van der Waals surface area (Å²) in [4.78, 5) is 33.2. The molecule has 0 aliphatic rings. The van der Waals surface area contributed by atoms with Gasteiger partial charge in [-0.3, -0.25) is 14.4 Å². The second-order valence-corrected chi connectivity index (χ2v) is 3.90. The summed E-state index contributed by atoms with van der Waals surface area (Å²) >= 11 is 0. The Morgan fingerprint density at radius 2 is 1.76 bits per heavy atom. The van der Waals surface area contributed by atoms with E-state index in [-0.39, 0.29) is 12.8 Å². The lowest BCUT2D eigenvalue weighted by Gasteiger charge is -2.11. The first-order valence-corrected chi connectivity index (χ1v) is 5.31. The van der Waals surface area contributed by atoms with Crippen LogP contribution in [0.4, 0.5) is 0 Å². The number of carboxylic acid groups (broad SMARTS) is 1. The van der Waals surface area contributed by atoms with E-state index >= 15 is 0 Å². The summed E-state index contributed by atoms with van der Waals surface area (Å²) in [6, 6.07) is 9.07. The third kappa shape index (κ3) is 4.18. The average Bonchev–Trinajstić information content (AvgIpc) is 2.28. The molecule has 0 saturated heterocycles. The molecular weight excluding hydrogens is 220 g/mol. The molecule has 0 saturated carbocycles. The van der Waals surface area contributed by atoms with Crippen LogP contribution >= 0.6 is 0 Å². The summed E-state index contributed by atoms with van der Waals surface area (Å²) in [5.41, 5.74) is 0.855. The summed E-state index contributed by atoms with van der Waals surface area (Å²) < 4.78 is 0. The molecule has 90 valence electrons. The number of carboxylic acids is 1. The zero-order chi connectivity index (χ0) is 12.8. The van der Waals surface area contributed by atoms with Gasteiger partial charge in [0.2, 0.25) is 5.78 Å². The minimum atomic E-state index is -1.07. The zero-order valence-electron chi connectivity index (χ0n) is 9.55. The second kappa shape index (κ2) is 5.94. The molecule has 1 aromatic carbocycles. The molecular formula is C13H14O4. The number of ketones is 2. The summed E-state index contributed by atoms with van der Waals surface area (Å²) in [6.45, 7) is 1.17. The van der Waals surface area contributed by atoms with Crippen LogP contribution in [0.2, 0.25) is 0 Å². The van der Waals surface area contributed by atoms with Crippen molar-refractivity contribution < 1.29 is 19.5 Å². The SMILES string of the molecule is CC(=O)C(=O)C(CC(=O)O)Cc1ccccc1. The predicted octanol–water partition coefficient (Wildman–Crippen LogP) is 1.48. The first-order chi connectivity index (χ1) is 8.00. The number of hydrogen-bond donors (Lipinski definition) is 1. The van der Waals surface area contributed by atoms with Gasteiger partial charge < -0.3 is 5.11 Å². The molecule has 0 amide bonds. The lowest BCUT2D eigenvalue weighted by atomic mass is 9.90. The van der Waals surface area contributed by atoms with E-state index < -0.39 is 23.5 Å². The fraction of sp³-hybridized carbons (Fsp3) is 0.308. The molecule has 0 heterocycles. The van der Waals surface area contributed by atoms with Crippen LogP contribution in [0.1, 0.15) is 18.9 Å². The lowest BCUT2D eigenvalue weighted by Crippen LogP contribution is -2.26. The van der Waals surface area contributed by atoms with E-state index in [1.165, 1.54) is 6.92 Å². The molecule has 0 bridgehead atoms. The van der Waals surface area contributed by atoms with Crippen LogP contribution in [0.5, 0.6) is 0 Å². The van der Waals surface area contributed by atoms with Crippen LogP contribution in [0, 0.1) is 5.92 Å². The van der Waals surface area contributed by atoms with E-state index in [4.69, 9.17) is 5.11 Å². The van der Waals surface area contributed by atoms with Crippen molar-refractivity contribution >= 4 is 17.5 Å². The average molecular weight is 234 g/mol. The molecule has 4 nitrogen and oxygen atoms in total. The Balaban J connectivity index is 2.81. The van der Waals surface area contributed by atoms with E-state index in [1.54, 1.807) is 0 Å². The number of carbonyl (C=O) groups is 3. The predicted molar refractivity (Wildman–Crippen MR) is 61.6 cm³/mol. The Hall–Kier alpha value is -1.97. The van der Waals surface area contributed by atoms with E-state index in [0.717, 1.165) is 5.56 Å². The number of rotatable bonds is 6. The molecule has 4 heteroatoms. The van der Waals surface area contributed by atoms with Crippen LogP contribution in [-0.4, -0.2) is 22.6 Å². The Morgan fingerprint density at radius 1 is 1.18 bits per heavy atom. The van der Waals surface area contributed by atoms with Gasteiger partial charge in [0, 0.05) is 12.8 Å². The standard InChI is InChI=1S/C13H14O4/c1-9(14)13(17)11(8-12(15)16)7-10-5-3-2-4-6-10/h2-6,11H,7-8H2,1H3,(H,15,16). The van der Waals surface area contributed by atoms with Crippen LogP contribution in [-0.2, 0) is 20.8 Å². The highest BCUT2D eigenvalue weighted by Gasteiger charge is 2.24. The van der Waals surface area contributed by atoms with E-state index in [0.29, 0.717) is 0 Å². The van der Waals surface area contributed by atoms with Crippen molar-refractivity contribution in [3.05, 3.63) is 35.9 Å². The molecule has 0 radical (unpaired) electrons. The maximum Gasteiger partial charge on any atom is 0.304 e. The van der Waals surface area contributed by atoms with Crippen LogP contribution in [0.3, 0.4) is 0 Å². The maximum atomic E-state index is 11.6. The molecule has 1 rings (SSSR count). The van der Waals surface area contributed by atoms with Crippen molar-refractivity contribution in [1.82, 2.24) is 0 Å². The van der Waals surface area contributed by atoms with Gasteiger partial charge >= 0.3 is 5.97 Å². The quantitative estimate of drug-likeness (QED) is 0.757. The third-order valence-corrected chi connectivity index (χ3v) is 2.46. The summed E-state index contributed by atoms with van der Waals surface area (Å²) in [7, 11) is 0. The fourth-order valence-electron chi connectivity index (χ4n) is 1.65. The summed E-state index contributed by atoms with van der Waals surface area (Å²) in [6.07, 6.45) is -0.0289. The van der Waals surface area contributed by atoms with E-state index in [1.807, 2.05) is 30.3 Å². The number of hydrogen-bond acceptors (Lipinski definition) is 3. The Labute approximate surface area is 99.3 Å². The molecule has 1 N–H and O–H groups in total. The van der Waals surface area contributed by atoms with Gasteiger partial charge in [-0.2, -0.15) is 0 Å². The number of aliphatic carboxylic acids is 1. The normalized spacial score (nSPS) is 11.8. The zero-order valence-corrected chi connectivity index (χ0v) is 9.55. The second-order valence-electron chi connectivity index (χ2n) is 3.90. The molecule has 0 aliphatic carbocycles. The summed E-state index contributed by atoms with van der Waals surface area (Å²) in [5.74, 6) is -3.05. The van der Waals surface area contributed by atoms with Gasteiger partial charge in [0.15, 0.2) is 5.78 Å². The van der Waals surface area contributed by atoms with Gasteiger partial charge in [0.1, 0.15) is 0 Å². The van der Waals surface area contributed by atoms with Crippen molar-refractivity contribution in [2.24, 2.45) is 5.92 Å². The topological polar surface area (TPSA) is 71.4 Å². The minimum absolute atomic E-state index is 0.283. The Kier molecular flexibility index (Phi) is 4.57. The van der Waals surface area contributed by atoms with Crippen molar-refractivity contribution in [3.8, 4) is 0 Å². The van der Waals surface area contributed by atoms with Gasteiger partial charge in [-0.15, -0.1) is 0 Å². The minimum Gasteiger partial charge on any atom is -0.481 e. The molecule has 17 heavy (non-hydrogen) atoms. The molecule has 1 atom stereocenters. The largest absolute Gasteiger partial charge is 0.481 e. The van der Waals surface area contributed by atoms with Gasteiger partial charge in [0.05, 0.1) is 6.42 Å².